The Hall–Kier alpha value is -1.14. The minimum absolute atomic E-state index is 0.196. The molecule has 0 aliphatic carbocycles. The first-order chi connectivity index (χ1) is 7.56. The first-order valence-electron chi connectivity index (χ1n) is 4.26. The van der Waals surface area contributed by atoms with Crippen molar-refractivity contribution in [2.75, 3.05) is 0 Å². The molecule has 0 saturated carbocycles. The van der Waals surface area contributed by atoms with Crippen molar-refractivity contribution in [3.8, 4) is 0 Å². The summed E-state index contributed by atoms with van der Waals surface area (Å²) in [6.07, 6.45) is 1.35. The van der Waals surface area contributed by atoms with Crippen LogP contribution in [0.1, 0.15) is 5.56 Å². The molecule has 0 bridgehead atoms. The SMILES string of the molecule is O=C1NC(=O)/C(=C\c2cc(Br)ccc2F)S1. The molecule has 3 nitrogen and oxygen atoms in total. The normalized spacial score (nSPS) is 18.0. The Labute approximate surface area is 103 Å². The summed E-state index contributed by atoms with van der Waals surface area (Å²) in [5.41, 5.74) is 0.265. The standard InChI is InChI=1S/C10H5BrFNO2S/c11-6-1-2-7(12)5(3-6)4-8-9(14)13-10(15)16-8/h1-4H,(H,13,14,15)/b8-4+. The molecule has 2 amide bonds. The molecule has 0 atom stereocenters. The van der Waals surface area contributed by atoms with Crippen LogP contribution in [0.15, 0.2) is 27.6 Å². The molecule has 1 aromatic carbocycles. The lowest BCUT2D eigenvalue weighted by molar-refractivity contribution is -0.115. The van der Waals surface area contributed by atoms with Crippen molar-refractivity contribution in [1.29, 1.82) is 0 Å². The van der Waals surface area contributed by atoms with Gasteiger partial charge < -0.3 is 0 Å². The van der Waals surface area contributed by atoms with E-state index in [1.807, 2.05) is 0 Å². The molecule has 0 unspecified atom stereocenters. The third kappa shape index (κ3) is 2.33. The molecule has 82 valence electrons. The van der Waals surface area contributed by atoms with E-state index < -0.39 is 17.0 Å². The smallest absolute Gasteiger partial charge is 0.282 e. The minimum Gasteiger partial charge on any atom is -0.282 e. The Morgan fingerprint density at radius 3 is 2.75 bits per heavy atom. The number of halogens is 2. The van der Waals surface area contributed by atoms with Crippen molar-refractivity contribution in [1.82, 2.24) is 5.32 Å². The van der Waals surface area contributed by atoms with Crippen molar-refractivity contribution in [2.45, 2.75) is 0 Å². The Balaban J connectivity index is 2.39. The van der Waals surface area contributed by atoms with Gasteiger partial charge in [-0.25, -0.2) is 4.39 Å². The fourth-order valence-electron chi connectivity index (χ4n) is 1.19. The third-order valence-electron chi connectivity index (χ3n) is 1.89. The first-order valence-corrected chi connectivity index (χ1v) is 5.87. The molecular formula is C10H5BrFNO2S. The number of amides is 2. The van der Waals surface area contributed by atoms with Crippen molar-refractivity contribution in [3.05, 3.63) is 39.0 Å². The summed E-state index contributed by atoms with van der Waals surface area (Å²) in [7, 11) is 0. The van der Waals surface area contributed by atoms with Gasteiger partial charge in [0.2, 0.25) is 0 Å². The Kier molecular flexibility index (Phi) is 3.11. The molecule has 1 fully saturated rings. The number of hydrogen-bond acceptors (Lipinski definition) is 3. The fourth-order valence-corrected chi connectivity index (χ4v) is 2.24. The van der Waals surface area contributed by atoms with E-state index in [-0.39, 0.29) is 10.5 Å². The van der Waals surface area contributed by atoms with Crippen LogP contribution in [0.4, 0.5) is 9.18 Å². The third-order valence-corrected chi connectivity index (χ3v) is 3.19. The Morgan fingerprint density at radius 2 is 2.12 bits per heavy atom. The van der Waals surface area contributed by atoms with Gasteiger partial charge in [-0.2, -0.15) is 0 Å². The van der Waals surface area contributed by atoms with Gasteiger partial charge in [-0.15, -0.1) is 0 Å². The highest BCUT2D eigenvalue weighted by Gasteiger charge is 2.25. The van der Waals surface area contributed by atoms with Crippen molar-refractivity contribution in [3.63, 3.8) is 0 Å². The summed E-state index contributed by atoms with van der Waals surface area (Å²) in [5, 5.41) is 1.67. The zero-order chi connectivity index (χ0) is 11.7. The summed E-state index contributed by atoms with van der Waals surface area (Å²) in [5.74, 6) is -0.933. The summed E-state index contributed by atoms with van der Waals surface area (Å²) in [6, 6.07) is 4.39. The summed E-state index contributed by atoms with van der Waals surface area (Å²) in [6.45, 7) is 0. The lowest BCUT2D eigenvalue weighted by atomic mass is 10.2. The molecule has 1 aliphatic heterocycles. The zero-order valence-corrected chi connectivity index (χ0v) is 10.2. The lowest BCUT2D eigenvalue weighted by Gasteiger charge is -1.98. The van der Waals surface area contributed by atoms with Gasteiger partial charge in [-0.3, -0.25) is 14.9 Å². The molecular weight excluding hydrogens is 297 g/mol. The second-order valence-electron chi connectivity index (χ2n) is 3.02. The van der Waals surface area contributed by atoms with Gasteiger partial charge in [0.1, 0.15) is 5.82 Å². The monoisotopic (exact) mass is 301 g/mol. The quantitative estimate of drug-likeness (QED) is 0.811. The maximum Gasteiger partial charge on any atom is 0.290 e. The molecule has 1 saturated heterocycles. The molecule has 0 spiro atoms. The maximum absolute atomic E-state index is 13.4. The van der Waals surface area contributed by atoms with E-state index in [1.54, 1.807) is 12.1 Å². The van der Waals surface area contributed by atoms with Crippen LogP contribution in [0.3, 0.4) is 0 Å². The van der Waals surface area contributed by atoms with Gasteiger partial charge in [-0.1, -0.05) is 15.9 Å². The van der Waals surface area contributed by atoms with E-state index in [0.29, 0.717) is 4.47 Å². The number of carbonyl (C=O) groups excluding carboxylic acids is 2. The molecule has 16 heavy (non-hydrogen) atoms. The number of imide groups is 1. The van der Waals surface area contributed by atoms with Crippen LogP contribution in [-0.4, -0.2) is 11.1 Å². The average Bonchev–Trinajstić information content (AvgIpc) is 2.51. The molecule has 0 aromatic heterocycles. The average molecular weight is 302 g/mol. The second kappa shape index (κ2) is 4.39. The topological polar surface area (TPSA) is 46.2 Å². The van der Waals surface area contributed by atoms with Crippen LogP contribution in [0, 0.1) is 5.82 Å². The number of carbonyl (C=O) groups is 2. The second-order valence-corrected chi connectivity index (χ2v) is 4.95. The summed E-state index contributed by atoms with van der Waals surface area (Å²) < 4.78 is 14.1. The van der Waals surface area contributed by atoms with E-state index in [0.717, 1.165) is 11.8 Å². The van der Waals surface area contributed by atoms with Crippen LogP contribution in [0.2, 0.25) is 0 Å². The highest BCUT2D eigenvalue weighted by atomic mass is 79.9. The number of hydrogen-bond donors (Lipinski definition) is 1. The minimum atomic E-state index is -0.491. The number of nitrogens with one attached hydrogen (secondary N) is 1. The summed E-state index contributed by atoms with van der Waals surface area (Å²) >= 11 is 3.97. The van der Waals surface area contributed by atoms with Gasteiger partial charge in [0.05, 0.1) is 4.91 Å². The predicted molar refractivity (Wildman–Crippen MR) is 63.2 cm³/mol. The fraction of sp³-hybridized carbons (Fsp3) is 0. The maximum atomic E-state index is 13.4. The van der Waals surface area contributed by atoms with E-state index in [2.05, 4.69) is 21.2 Å². The van der Waals surface area contributed by atoms with E-state index >= 15 is 0 Å². The Bertz CT molecular complexity index is 516. The molecule has 1 heterocycles. The predicted octanol–water partition coefficient (Wildman–Crippen LogP) is 2.91. The molecule has 2 rings (SSSR count). The highest BCUT2D eigenvalue weighted by Crippen LogP contribution is 2.27. The van der Waals surface area contributed by atoms with Gasteiger partial charge >= 0.3 is 0 Å². The zero-order valence-electron chi connectivity index (χ0n) is 7.79. The van der Waals surface area contributed by atoms with Crippen molar-refractivity contribution < 1.29 is 14.0 Å². The van der Waals surface area contributed by atoms with Crippen molar-refractivity contribution >= 4 is 44.9 Å². The number of benzene rings is 1. The van der Waals surface area contributed by atoms with Crippen LogP contribution >= 0.6 is 27.7 Å². The van der Waals surface area contributed by atoms with Gasteiger partial charge in [0.25, 0.3) is 11.1 Å². The summed E-state index contributed by atoms with van der Waals surface area (Å²) in [4.78, 5) is 22.3. The van der Waals surface area contributed by atoms with Crippen LogP contribution in [0.5, 0.6) is 0 Å². The van der Waals surface area contributed by atoms with E-state index in [1.165, 1.54) is 12.1 Å². The molecule has 0 radical (unpaired) electrons. The highest BCUT2D eigenvalue weighted by molar-refractivity contribution is 9.10. The molecule has 1 aromatic rings. The molecule has 6 heteroatoms. The van der Waals surface area contributed by atoms with Gasteiger partial charge in [-0.05, 0) is 36.0 Å². The van der Waals surface area contributed by atoms with Gasteiger partial charge in [0, 0.05) is 10.0 Å². The molecule has 1 N–H and O–H groups in total. The van der Waals surface area contributed by atoms with E-state index in [4.69, 9.17) is 0 Å². The van der Waals surface area contributed by atoms with Crippen LogP contribution < -0.4 is 5.32 Å². The number of thioether (sulfide) groups is 1. The van der Waals surface area contributed by atoms with E-state index in [9.17, 15) is 14.0 Å². The largest absolute Gasteiger partial charge is 0.290 e. The molecule has 1 aliphatic rings. The van der Waals surface area contributed by atoms with Gasteiger partial charge in [0.15, 0.2) is 0 Å². The Morgan fingerprint density at radius 1 is 1.38 bits per heavy atom. The lowest BCUT2D eigenvalue weighted by Crippen LogP contribution is -2.17. The van der Waals surface area contributed by atoms with Crippen LogP contribution in [-0.2, 0) is 4.79 Å². The first kappa shape index (κ1) is 11.3. The van der Waals surface area contributed by atoms with Crippen LogP contribution in [0.25, 0.3) is 6.08 Å². The van der Waals surface area contributed by atoms with Crippen molar-refractivity contribution in [2.24, 2.45) is 0 Å². The number of rotatable bonds is 1.